The highest BCUT2D eigenvalue weighted by Gasteiger charge is 1.99. The van der Waals surface area contributed by atoms with Gasteiger partial charge in [0.25, 0.3) is 0 Å². The standard InChI is InChI=1S/C9H21NO2/c1-2-3-4-5-6-12-8-9(11)7-10/h9,11H,2-8,10H2,1H3. The van der Waals surface area contributed by atoms with Crippen LogP contribution in [0.4, 0.5) is 0 Å². The second-order valence-corrected chi connectivity index (χ2v) is 3.03. The molecule has 0 saturated carbocycles. The molecule has 0 saturated heterocycles. The molecule has 3 heteroatoms. The Morgan fingerprint density at radius 1 is 1.33 bits per heavy atom. The molecule has 0 heterocycles. The van der Waals surface area contributed by atoms with Crippen LogP contribution in [-0.2, 0) is 4.74 Å². The molecule has 0 aromatic heterocycles. The molecule has 0 rings (SSSR count). The molecule has 0 fully saturated rings. The maximum Gasteiger partial charge on any atom is 0.0895 e. The fraction of sp³-hybridized carbons (Fsp3) is 1.00. The Morgan fingerprint density at radius 2 is 2.08 bits per heavy atom. The first kappa shape index (κ1) is 11.9. The highest BCUT2D eigenvalue weighted by atomic mass is 16.5. The summed E-state index contributed by atoms with van der Waals surface area (Å²) in [6.07, 6.45) is 4.32. The van der Waals surface area contributed by atoms with Crippen LogP contribution in [0.25, 0.3) is 0 Å². The van der Waals surface area contributed by atoms with Gasteiger partial charge in [-0.15, -0.1) is 0 Å². The first-order valence-corrected chi connectivity index (χ1v) is 4.77. The number of hydrogen-bond acceptors (Lipinski definition) is 3. The lowest BCUT2D eigenvalue weighted by atomic mass is 10.2. The summed E-state index contributed by atoms with van der Waals surface area (Å²) < 4.78 is 5.20. The zero-order valence-corrected chi connectivity index (χ0v) is 7.96. The van der Waals surface area contributed by atoms with Gasteiger partial charge in [-0.3, -0.25) is 0 Å². The molecule has 0 aliphatic heterocycles. The van der Waals surface area contributed by atoms with Gasteiger partial charge in [0.15, 0.2) is 0 Å². The second-order valence-electron chi connectivity index (χ2n) is 3.03. The van der Waals surface area contributed by atoms with Crippen molar-refractivity contribution in [1.82, 2.24) is 0 Å². The molecular formula is C9H21NO2. The lowest BCUT2D eigenvalue weighted by Gasteiger charge is -2.07. The predicted molar refractivity (Wildman–Crippen MR) is 50.0 cm³/mol. The minimum absolute atomic E-state index is 0.287. The van der Waals surface area contributed by atoms with Gasteiger partial charge in [-0.05, 0) is 6.42 Å². The summed E-state index contributed by atoms with van der Waals surface area (Å²) in [6.45, 7) is 3.59. The molecule has 0 bridgehead atoms. The van der Waals surface area contributed by atoms with Gasteiger partial charge in [0.2, 0.25) is 0 Å². The summed E-state index contributed by atoms with van der Waals surface area (Å²) in [7, 11) is 0. The van der Waals surface area contributed by atoms with Gasteiger partial charge in [-0.1, -0.05) is 26.2 Å². The first-order chi connectivity index (χ1) is 5.81. The van der Waals surface area contributed by atoms with Crippen LogP contribution < -0.4 is 5.73 Å². The fourth-order valence-corrected chi connectivity index (χ4v) is 0.918. The van der Waals surface area contributed by atoms with Crippen LogP contribution in [0.5, 0.6) is 0 Å². The molecule has 0 aliphatic carbocycles. The molecule has 1 unspecified atom stereocenters. The molecule has 0 aromatic rings. The number of ether oxygens (including phenoxy) is 1. The monoisotopic (exact) mass is 175 g/mol. The SMILES string of the molecule is CCCCCCOCC(O)CN. The van der Waals surface area contributed by atoms with E-state index in [1.54, 1.807) is 0 Å². The van der Waals surface area contributed by atoms with Gasteiger partial charge in [-0.2, -0.15) is 0 Å². The highest BCUT2D eigenvalue weighted by molar-refractivity contribution is 4.52. The quantitative estimate of drug-likeness (QED) is 0.539. The lowest BCUT2D eigenvalue weighted by molar-refractivity contribution is 0.0397. The molecule has 3 N–H and O–H groups in total. The van der Waals surface area contributed by atoms with Crippen LogP contribution in [0.15, 0.2) is 0 Å². The normalized spacial score (nSPS) is 13.2. The van der Waals surface area contributed by atoms with E-state index in [4.69, 9.17) is 15.6 Å². The Labute approximate surface area is 74.9 Å². The number of hydrogen-bond donors (Lipinski definition) is 2. The van der Waals surface area contributed by atoms with Crippen LogP contribution >= 0.6 is 0 Å². The van der Waals surface area contributed by atoms with Crippen molar-refractivity contribution in [3.05, 3.63) is 0 Å². The van der Waals surface area contributed by atoms with Crippen molar-refractivity contribution in [3.63, 3.8) is 0 Å². The third kappa shape index (κ3) is 7.98. The molecule has 0 aliphatic rings. The van der Waals surface area contributed by atoms with E-state index in [0.717, 1.165) is 13.0 Å². The summed E-state index contributed by atoms with van der Waals surface area (Å²) in [5.74, 6) is 0. The molecule has 0 radical (unpaired) electrons. The molecule has 12 heavy (non-hydrogen) atoms. The van der Waals surface area contributed by atoms with E-state index in [2.05, 4.69) is 6.92 Å². The van der Waals surface area contributed by atoms with Crippen molar-refractivity contribution in [3.8, 4) is 0 Å². The number of aliphatic hydroxyl groups is 1. The van der Waals surface area contributed by atoms with Crippen LogP contribution in [0.1, 0.15) is 32.6 Å². The van der Waals surface area contributed by atoms with E-state index in [0.29, 0.717) is 6.61 Å². The third-order valence-electron chi connectivity index (χ3n) is 1.72. The number of nitrogens with two attached hydrogens (primary N) is 1. The minimum Gasteiger partial charge on any atom is -0.389 e. The third-order valence-corrected chi connectivity index (χ3v) is 1.72. The largest absolute Gasteiger partial charge is 0.389 e. The van der Waals surface area contributed by atoms with E-state index in [9.17, 15) is 0 Å². The van der Waals surface area contributed by atoms with Gasteiger partial charge >= 0.3 is 0 Å². The zero-order chi connectivity index (χ0) is 9.23. The van der Waals surface area contributed by atoms with Crippen molar-refractivity contribution in [1.29, 1.82) is 0 Å². The minimum atomic E-state index is -0.490. The molecule has 0 spiro atoms. The Bertz CT molecular complexity index is 88.6. The average molecular weight is 175 g/mol. The number of rotatable bonds is 8. The van der Waals surface area contributed by atoms with Crippen molar-refractivity contribution in [2.45, 2.75) is 38.7 Å². The van der Waals surface area contributed by atoms with Gasteiger partial charge in [0.1, 0.15) is 0 Å². The first-order valence-electron chi connectivity index (χ1n) is 4.77. The van der Waals surface area contributed by atoms with Gasteiger partial charge < -0.3 is 15.6 Å². The van der Waals surface area contributed by atoms with Gasteiger partial charge in [0.05, 0.1) is 12.7 Å². The molecular weight excluding hydrogens is 154 g/mol. The maximum atomic E-state index is 9.01. The van der Waals surface area contributed by atoms with Crippen molar-refractivity contribution < 1.29 is 9.84 Å². The number of aliphatic hydroxyl groups excluding tert-OH is 1. The zero-order valence-electron chi connectivity index (χ0n) is 7.96. The molecule has 0 aromatic carbocycles. The predicted octanol–water partition coefficient (Wildman–Crippen LogP) is 0.903. The topological polar surface area (TPSA) is 55.5 Å². The smallest absolute Gasteiger partial charge is 0.0895 e. The van der Waals surface area contributed by atoms with Gasteiger partial charge in [-0.25, -0.2) is 0 Å². The summed E-state index contributed by atoms with van der Waals surface area (Å²) in [5, 5.41) is 9.01. The van der Waals surface area contributed by atoms with E-state index in [-0.39, 0.29) is 6.54 Å². The average Bonchev–Trinajstić information content (AvgIpc) is 2.10. The summed E-state index contributed by atoms with van der Waals surface area (Å²) >= 11 is 0. The van der Waals surface area contributed by atoms with E-state index < -0.39 is 6.10 Å². The van der Waals surface area contributed by atoms with Crippen LogP contribution in [0.3, 0.4) is 0 Å². The number of unbranched alkanes of at least 4 members (excludes halogenated alkanes) is 3. The maximum absolute atomic E-state index is 9.01. The van der Waals surface area contributed by atoms with Crippen molar-refractivity contribution in [2.24, 2.45) is 5.73 Å². The molecule has 3 nitrogen and oxygen atoms in total. The second kappa shape index (κ2) is 8.97. The highest BCUT2D eigenvalue weighted by Crippen LogP contribution is 1.98. The summed E-state index contributed by atoms with van der Waals surface area (Å²) in [5.41, 5.74) is 5.20. The van der Waals surface area contributed by atoms with Crippen LogP contribution in [0.2, 0.25) is 0 Å². The Kier molecular flexibility index (Phi) is 8.88. The Balaban J connectivity index is 2.90. The molecule has 0 amide bonds. The van der Waals surface area contributed by atoms with Crippen LogP contribution in [-0.4, -0.2) is 31.0 Å². The molecule has 1 atom stereocenters. The Hall–Kier alpha value is -0.120. The van der Waals surface area contributed by atoms with E-state index in [1.807, 2.05) is 0 Å². The van der Waals surface area contributed by atoms with Crippen LogP contribution in [0, 0.1) is 0 Å². The summed E-state index contributed by atoms with van der Waals surface area (Å²) in [6, 6.07) is 0. The van der Waals surface area contributed by atoms with E-state index in [1.165, 1.54) is 19.3 Å². The van der Waals surface area contributed by atoms with E-state index >= 15 is 0 Å². The lowest BCUT2D eigenvalue weighted by Crippen LogP contribution is -2.25. The summed E-state index contributed by atoms with van der Waals surface area (Å²) in [4.78, 5) is 0. The van der Waals surface area contributed by atoms with Gasteiger partial charge in [0, 0.05) is 13.2 Å². The molecule has 74 valence electrons. The van der Waals surface area contributed by atoms with Crippen molar-refractivity contribution in [2.75, 3.05) is 19.8 Å². The van der Waals surface area contributed by atoms with Crippen molar-refractivity contribution >= 4 is 0 Å². The Morgan fingerprint density at radius 3 is 2.67 bits per heavy atom. The fourth-order valence-electron chi connectivity index (χ4n) is 0.918.